The first kappa shape index (κ1) is 22.0. The second kappa shape index (κ2) is 9.00. The van der Waals surface area contributed by atoms with Crippen molar-refractivity contribution in [3.8, 4) is 5.75 Å². The summed E-state index contributed by atoms with van der Waals surface area (Å²) in [5.74, 6) is 0.256. The number of benzene rings is 2. The predicted octanol–water partition coefficient (Wildman–Crippen LogP) is 5.45. The molecule has 2 aromatic carbocycles. The van der Waals surface area contributed by atoms with Crippen LogP contribution in [-0.2, 0) is 6.42 Å². The number of fused-ring (bicyclic) bond motifs is 1. The van der Waals surface area contributed by atoms with Crippen molar-refractivity contribution in [2.45, 2.75) is 53.1 Å². The zero-order chi connectivity index (χ0) is 22.0. The molecule has 0 radical (unpaired) electrons. The average Bonchev–Trinajstić information content (AvgIpc) is 2.98. The summed E-state index contributed by atoms with van der Waals surface area (Å²) in [6, 6.07) is 12.4. The molecule has 0 aliphatic carbocycles. The van der Waals surface area contributed by atoms with Crippen LogP contribution >= 0.6 is 0 Å². The van der Waals surface area contributed by atoms with Gasteiger partial charge in [-0.1, -0.05) is 0 Å². The van der Waals surface area contributed by atoms with Gasteiger partial charge in [0.05, 0.1) is 12.6 Å². The second-order valence-corrected chi connectivity index (χ2v) is 8.27. The molecule has 0 N–H and O–H groups in total. The number of hydrogen-bond acceptors (Lipinski definition) is 3. The Hall–Kier alpha value is -2.66. The molecule has 0 fully saturated rings. The van der Waals surface area contributed by atoms with Crippen molar-refractivity contribution in [1.82, 2.24) is 9.47 Å². The number of halogens is 1. The molecular formula is C25H31FN2O2. The zero-order valence-electron chi connectivity index (χ0n) is 18.7. The normalized spacial score (nSPS) is 11.8. The summed E-state index contributed by atoms with van der Waals surface area (Å²) in [5.41, 5.74) is 3.37. The van der Waals surface area contributed by atoms with E-state index in [2.05, 4.69) is 32.6 Å². The van der Waals surface area contributed by atoms with E-state index < -0.39 is 0 Å². The summed E-state index contributed by atoms with van der Waals surface area (Å²) in [6.45, 7) is 11.7. The van der Waals surface area contributed by atoms with Crippen LogP contribution < -0.4 is 4.74 Å². The van der Waals surface area contributed by atoms with E-state index in [9.17, 15) is 9.18 Å². The lowest BCUT2D eigenvalue weighted by atomic mass is 10.1. The maximum Gasteiger partial charge on any atom is 0.262 e. The Balaban J connectivity index is 2.09. The highest BCUT2D eigenvalue weighted by molar-refractivity contribution is 6.04. The number of nitrogens with zero attached hydrogens (tertiary/aromatic N) is 2. The molecule has 0 amide bonds. The largest absolute Gasteiger partial charge is 0.497 e. The Bertz CT molecular complexity index is 1030. The van der Waals surface area contributed by atoms with Crippen molar-refractivity contribution in [2.24, 2.45) is 0 Å². The van der Waals surface area contributed by atoms with Gasteiger partial charge in [-0.05, 0) is 89.1 Å². The van der Waals surface area contributed by atoms with E-state index >= 15 is 0 Å². The molecule has 4 nitrogen and oxygen atoms in total. The molecule has 0 bridgehead atoms. The van der Waals surface area contributed by atoms with Crippen molar-refractivity contribution in [3.63, 3.8) is 0 Å². The van der Waals surface area contributed by atoms with Crippen LogP contribution in [0.3, 0.4) is 0 Å². The summed E-state index contributed by atoms with van der Waals surface area (Å²) in [7, 11) is 1.65. The van der Waals surface area contributed by atoms with E-state index in [1.165, 1.54) is 24.3 Å². The fraction of sp³-hybridized carbons (Fsp3) is 0.400. The smallest absolute Gasteiger partial charge is 0.262 e. The molecule has 160 valence electrons. The molecule has 1 aromatic heterocycles. The summed E-state index contributed by atoms with van der Waals surface area (Å²) >= 11 is 0. The lowest BCUT2D eigenvalue weighted by Gasteiger charge is -2.30. The number of methoxy groups -OCH3 is 1. The van der Waals surface area contributed by atoms with E-state index in [1.54, 1.807) is 11.7 Å². The van der Waals surface area contributed by atoms with Gasteiger partial charge in [0.25, 0.3) is 5.91 Å². The quantitative estimate of drug-likeness (QED) is 0.520. The lowest BCUT2D eigenvalue weighted by Crippen LogP contribution is -2.38. The Labute approximate surface area is 178 Å². The first-order valence-corrected chi connectivity index (χ1v) is 10.5. The highest BCUT2D eigenvalue weighted by Crippen LogP contribution is 2.31. The fourth-order valence-corrected chi connectivity index (χ4v) is 4.24. The summed E-state index contributed by atoms with van der Waals surface area (Å²) < 4.78 is 20.5. The third kappa shape index (κ3) is 4.26. The zero-order valence-corrected chi connectivity index (χ0v) is 18.7. The van der Waals surface area contributed by atoms with E-state index in [0.29, 0.717) is 17.6 Å². The Morgan fingerprint density at radius 1 is 1.07 bits per heavy atom. The predicted molar refractivity (Wildman–Crippen MR) is 120 cm³/mol. The van der Waals surface area contributed by atoms with Gasteiger partial charge in [0.15, 0.2) is 0 Å². The molecule has 1 heterocycles. The Kier molecular flexibility index (Phi) is 6.61. The molecule has 0 saturated carbocycles. The number of ether oxygens (including phenoxy) is 1. The number of carbonyl (C=O) groups excluding carboxylic acids is 1. The molecule has 0 unspecified atom stereocenters. The number of carbonyl (C=O) groups is 1. The summed E-state index contributed by atoms with van der Waals surface area (Å²) in [4.78, 5) is 15.8. The van der Waals surface area contributed by atoms with Crippen LogP contribution in [0, 0.1) is 12.7 Å². The Morgan fingerprint density at radius 2 is 1.70 bits per heavy atom. The standard InChI is InChI=1S/C25H31FN2O2/c1-16(2)27(17(3)4)14-13-22-18(5)28(24-12-11-21(30-6)15-23(22)24)25(29)19-7-9-20(26)10-8-19/h7-12,15-17H,13-14H2,1-6H3. The number of aromatic nitrogens is 1. The van der Waals surface area contributed by atoms with Crippen molar-refractivity contribution < 1.29 is 13.9 Å². The molecule has 30 heavy (non-hydrogen) atoms. The van der Waals surface area contributed by atoms with Gasteiger partial charge in [-0.2, -0.15) is 0 Å². The van der Waals surface area contributed by atoms with E-state index in [1.807, 2.05) is 25.1 Å². The number of rotatable bonds is 7. The molecule has 0 saturated heterocycles. The van der Waals surface area contributed by atoms with Gasteiger partial charge >= 0.3 is 0 Å². The fourth-order valence-electron chi connectivity index (χ4n) is 4.24. The second-order valence-electron chi connectivity index (χ2n) is 8.27. The third-order valence-corrected chi connectivity index (χ3v) is 5.78. The first-order chi connectivity index (χ1) is 14.2. The molecule has 3 rings (SSSR count). The lowest BCUT2D eigenvalue weighted by molar-refractivity contribution is 0.0962. The van der Waals surface area contributed by atoms with Gasteiger partial charge in [0.1, 0.15) is 11.6 Å². The molecule has 0 spiro atoms. The van der Waals surface area contributed by atoms with Gasteiger partial charge in [-0.15, -0.1) is 0 Å². The van der Waals surface area contributed by atoms with Crippen LogP contribution in [0.2, 0.25) is 0 Å². The minimum absolute atomic E-state index is 0.154. The van der Waals surface area contributed by atoms with Crippen molar-refractivity contribution in [3.05, 3.63) is 65.1 Å². The SMILES string of the molecule is COc1ccc2c(c1)c(CCN(C(C)C)C(C)C)c(C)n2C(=O)c1ccc(F)cc1. The molecule has 0 aliphatic rings. The van der Waals surface area contributed by atoms with Gasteiger partial charge < -0.3 is 4.74 Å². The number of hydrogen-bond donors (Lipinski definition) is 0. The van der Waals surface area contributed by atoms with E-state index in [4.69, 9.17) is 4.74 Å². The molecule has 0 atom stereocenters. The van der Waals surface area contributed by atoms with Gasteiger partial charge in [-0.25, -0.2) is 4.39 Å². The monoisotopic (exact) mass is 410 g/mol. The maximum absolute atomic E-state index is 13.3. The average molecular weight is 411 g/mol. The highest BCUT2D eigenvalue weighted by Gasteiger charge is 2.22. The van der Waals surface area contributed by atoms with Crippen LogP contribution in [0.1, 0.15) is 49.3 Å². The highest BCUT2D eigenvalue weighted by atomic mass is 19.1. The van der Waals surface area contributed by atoms with Gasteiger partial charge in [0, 0.05) is 35.3 Å². The van der Waals surface area contributed by atoms with Crippen LogP contribution in [0.15, 0.2) is 42.5 Å². The van der Waals surface area contributed by atoms with Crippen molar-refractivity contribution in [1.29, 1.82) is 0 Å². The Morgan fingerprint density at radius 3 is 2.27 bits per heavy atom. The molecule has 3 aromatic rings. The molecule has 5 heteroatoms. The first-order valence-electron chi connectivity index (χ1n) is 10.5. The van der Waals surface area contributed by atoms with E-state index in [0.717, 1.165) is 40.9 Å². The third-order valence-electron chi connectivity index (χ3n) is 5.78. The van der Waals surface area contributed by atoms with E-state index in [-0.39, 0.29) is 11.7 Å². The van der Waals surface area contributed by atoms with Gasteiger partial charge in [-0.3, -0.25) is 14.3 Å². The van der Waals surface area contributed by atoms with Crippen LogP contribution in [-0.4, -0.2) is 41.1 Å². The minimum atomic E-state index is -0.353. The minimum Gasteiger partial charge on any atom is -0.497 e. The summed E-state index contributed by atoms with van der Waals surface area (Å²) in [5, 5.41) is 1.02. The van der Waals surface area contributed by atoms with Crippen LogP contribution in [0.25, 0.3) is 10.9 Å². The summed E-state index contributed by atoms with van der Waals surface area (Å²) in [6.07, 6.45) is 0.829. The molecule has 0 aliphatic heterocycles. The van der Waals surface area contributed by atoms with Crippen LogP contribution in [0.5, 0.6) is 5.75 Å². The van der Waals surface area contributed by atoms with Gasteiger partial charge in [0.2, 0.25) is 0 Å². The topological polar surface area (TPSA) is 34.5 Å². The van der Waals surface area contributed by atoms with Crippen molar-refractivity contribution in [2.75, 3.05) is 13.7 Å². The molecular weight excluding hydrogens is 379 g/mol. The van der Waals surface area contributed by atoms with Crippen LogP contribution in [0.4, 0.5) is 4.39 Å². The van der Waals surface area contributed by atoms with Crippen molar-refractivity contribution >= 4 is 16.8 Å². The maximum atomic E-state index is 13.3.